The molecular formula is C16H22N2O3. The second-order valence-electron chi connectivity index (χ2n) is 5.75. The molecule has 0 spiro atoms. The molecule has 1 amide bonds. The Hall–Kier alpha value is -1.75. The van der Waals surface area contributed by atoms with E-state index in [2.05, 4.69) is 5.32 Å². The second-order valence-corrected chi connectivity index (χ2v) is 5.75. The Labute approximate surface area is 125 Å². The highest BCUT2D eigenvalue weighted by Gasteiger charge is 2.24. The van der Waals surface area contributed by atoms with E-state index in [4.69, 9.17) is 9.47 Å². The highest BCUT2D eigenvalue weighted by molar-refractivity contribution is 5.76. The number of para-hydroxylation sites is 2. The van der Waals surface area contributed by atoms with E-state index in [1.165, 1.54) is 12.8 Å². The Balaban J connectivity index is 1.44. The van der Waals surface area contributed by atoms with Crippen LogP contribution in [0, 0.1) is 0 Å². The number of rotatable bonds is 6. The molecule has 0 aromatic heterocycles. The zero-order chi connectivity index (χ0) is 14.7. The molecule has 1 aliphatic heterocycles. The van der Waals surface area contributed by atoms with Gasteiger partial charge in [-0.3, -0.25) is 4.79 Å². The third-order valence-corrected chi connectivity index (χ3v) is 3.82. The minimum atomic E-state index is -0.106. The number of hydrogen-bond donors (Lipinski definition) is 1. The highest BCUT2D eigenvalue weighted by atomic mass is 16.6. The number of fused-ring (bicyclic) bond motifs is 1. The predicted molar refractivity (Wildman–Crippen MR) is 79.6 cm³/mol. The molecule has 1 fully saturated rings. The molecule has 0 saturated heterocycles. The van der Waals surface area contributed by atoms with Gasteiger partial charge in [0.1, 0.15) is 6.61 Å². The maximum absolute atomic E-state index is 12.1. The van der Waals surface area contributed by atoms with Crippen molar-refractivity contribution in [2.75, 3.05) is 26.7 Å². The Kier molecular flexibility index (Phi) is 4.29. The summed E-state index contributed by atoms with van der Waals surface area (Å²) >= 11 is 0. The number of hydrogen-bond acceptors (Lipinski definition) is 4. The number of nitrogens with zero attached hydrogens (tertiary/aromatic N) is 1. The largest absolute Gasteiger partial charge is 0.486 e. The standard InChI is InChI=1S/C16H22N2O3/c1-18(16(19)8-9-17-12-6-7-12)10-13-11-20-14-4-2-3-5-15(14)21-13/h2-5,12-13,17H,6-11H2,1H3. The monoisotopic (exact) mass is 290 g/mol. The third kappa shape index (κ3) is 3.88. The molecule has 1 aliphatic carbocycles. The summed E-state index contributed by atoms with van der Waals surface area (Å²) in [4.78, 5) is 13.8. The van der Waals surface area contributed by atoms with E-state index in [-0.39, 0.29) is 12.0 Å². The first-order valence-electron chi connectivity index (χ1n) is 7.58. The number of benzene rings is 1. The van der Waals surface area contributed by atoms with E-state index in [0.717, 1.165) is 18.0 Å². The van der Waals surface area contributed by atoms with Gasteiger partial charge in [0.05, 0.1) is 6.54 Å². The summed E-state index contributed by atoms with van der Waals surface area (Å²) in [5.41, 5.74) is 0. The van der Waals surface area contributed by atoms with Crippen LogP contribution >= 0.6 is 0 Å². The van der Waals surface area contributed by atoms with Gasteiger partial charge in [-0.1, -0.05) is 12.1 Å². The fourth-order valence-corrected chi connectivity index (χ4v) is 2.42. The second kappa shape index (κ2) is 6.35. The van der Waals surface area contributed by atoms with Crippen molar-refractivity contribution in [2.24, 2.45) is 0 Å². The molecule has 1 aromatic carbocycles. The topological polar surface area (TPSA) is 50.8 Å². The van der Waals surface area contributed by atoms with E-state index < -0.39 is 0 Å². The molecule has 5 nitrogen and oxygen atoms in total. The average Bonchev–Trinajstić information content (AvgIpc) is 3.31. The van der Waals surface area contributed by atoms with Gasteiger partial charge in [-0.2, -0.15) is 0 Å². The molecule has 0 bridgehead atoms. The average molecular weight is 290 g/mol. The molecule has 1 atom stereocenters. The number of carbonyl (C=O) groups excluding carboxylic acids is 1. The molecule has 1 unspecified atom stereocenters. The molecule has 5 heteroatoms. The summed E-state index contributed by atoms with van der Waals surface area (Å²) < 4.78 is 11.5. The van der Waals surface area contributed by atoms with Crippen LogP contribution in [0.15, 0.2) is 24.3 Å². The summed E-state index contributed by atoms with van der Waals surface area (Å²) in [5.74, 6) is 1.67. The minimum absolute atomic E-state index is 0.106. The van der Waals surface area contributed by atoms with Crippen molar-refractivity contribution in [1.29, 1.82) is 0 Å². The maximum atomic E-state index is 12.1. The number of ether oxygens (including phenoxy) is 2. The summed E-state index contributed by atoms with van der Waals surface area (Å²) in [5, 5.41) is 3.36. The quantitative estimate of drug-likeness (QED) is 0.861. The number of nitrogens with one attached hydrogen (secondary N) is 1. The van der Waals surface area contributed by atoms with Gasteiger partial charge in [0, 0.05) is 26.1 Å². The lowest BCUT2D eigenvalue weighted by molar-refractivity contribution is -0.131. The van der Waals surface area contributed by atoms with Gasteiger partial charge < -0.3 is 19.7 Å². The van der Waals surface area contributed by atoms with E-state index in [1.54, 1.807) is 4.90 Å². The van der Waals surface area contributed by atoms with Crippen LogP contribution < -0.4 is 14.8 Å². The van der Waals surface area contributed by atoms with Gasteiger partial charge in [0.2, 0.25) is 5.91 Å². The van der Waals surface area contributed by atoms with Crippen molar-refractivity contribution in [3.05, 3.63) is 24.3 Å². The molecule has 2 aliphatic rings. The van der Waals surface area contributed by atoms with Crippen molar-refractivity contribution in [3.8, 4) is 11.5 Å². The van der Waals surface area contributed by atoms with Gasteiger partial charge in [-0.25, -0.2) is 0 Å². The van der Waals surface area contributed by atoms with Gasteiger partial charge in [-0.15, -0.1) is 0 Å². The molecule has 1 aromatic rings. The van der Waals surface area contributed by atoms with Gasteiger partial charge in [0.25, 0.3) is 0 Å². The lowest BCUT2D eigenvalue weighted by Gasteiger charge is -2.29. The number of amides is 1. The molecule has 3 rings (SSSR count). The number of carbonyl (C=O) groups is 1. The van der Waals surface area contributed by atoms with Crippen molar-refractivity contribution < 1.29 is 14.3 Å². The maximum Gasteiger partial charge on any atom is 0.223 e. The molecule has 114 valence electrons. The molecule has 1 heterocycles. The van der Waals surface area contributed by atoms with Crippen LogP contribution in [0.4, 0.5) is 0 Å². The Morgan fingerprint density at radius 1 is 1.33 bits per heavy atom. The molecule has 1 N–H and O–H groups in total. The zero-order valence-corrected chi connectivity index (χ0v) is 12.4. The van der Waals surface area contributed by atoms with Crippen LogP contribution in [0.25, 0.3) is 0 Å². The first-order valence-corrected chi connectivity index (χ1v) is 7.58. The minimum Gasteiger partial charge on any atom is -0.486 e. The molecule has 1 saturated carbocycles. The number of likely N-dealkylation sites (N-methyl/N-ethyl adjacent to an activating group) is 1. The molecular weight excluding hydrogens is 268 g/mol. The first-order chi connectivity index (χ1) is 10.2. The van der Waals surface area contributed by atoms with Gasteiger partial charge in [0.15, 0.2) is 17.6 Å². The smallest absolute Gasteiger partial charge is 0.223 e. The Morgan fingerprint density at radius 3 is 2.86 bits per heavy atom. The fourth-order valence-electron chi connectivity index (χ4n) is 2.42. The van der Waals surface area contributed by atoms with E-state index >= 15 is 0 Å². The zero-order valence-electron chi connectivity index (χ0n) is 12.4. The SMILES string of the molecule is CN(CC1COc2ccccc2O1)C(=O)CCNC1CC1. The van der Waals surface area contributed by atoms with Crippen molar-refractivity contribution in [2.45, 2.75) is 31.4 Å². The van der Waals surface area contributed by atoms with Crippen LogP contribution in [0.2, 0.25) is 0 Å². The van der Waals surface area contributed by atoms with Gasteiger partial charge >= 0.3 is 0 Å². The van der Waals surface area contributed by atoms with Crippen LogP contribution in [0.3, 0.4) is 0 Å². The Morgan fingerprint density at radius 2 is 2.10 bits per heavy atom. The summed E-state index contributed by atoms with van der Waals surface area (Å²) in [6.45, 7) is 1.80. The van der Waals surface area contributed by atoms with Crippen LogP contribution in [0.5, 0.6) is 11.5 Å². The summed E-state index contributed by atoms with van der Waals surface area (Å²) in [6.07, 6.45) is 2.93. The normalized spacial score (nSPS) is 20.1. The predicted octanol–water partition coefficient (Wildman–Crippen LogP) is 1.43. The van der Waals surface area contributed by atoms with Crippen LogP contribution in [-0.4, -0.2) is 49.7 Å². The third-order valence-electron chi connectivity index (χ3n) is 3.82. The lowest BCUT2D eigenvalue weighted by Crippen LogP contribution is -2.42. The van der Waals surface area contributed by atoms with Crippen LogP contribution in [-0.2, 0) is 4.79 Å². The lowest BCUT2D eigenvalue weighted by atomic mass is 10.2. The van der Waals surface area contributed by atoms with E-state index in [9.17, 15) is 4.79 Å². The van der Waals surface area contributed by atoms with Crippen LogP contribution in [0.1, 0.15) is 19.3 Å². The van der Waals surface area contributed by atoms with Crippen molar-refractivity contribution in [3.63, 3.8) is 0 Å². The Bertz CT molecular complexity index is 502. The highest BCUT2D eigenvalue weighted by Crippen LogP contribution is 2.30. The van der Waals surface area contributed by atoms with Crippen molar-refractivity contribution >= 4 is 5.91 Å². The van der Waals surface area contributed by atoms with Gasteiger partial charge in [-0.05, 0) is 25.0 Å². The first kappa shape index (κ1) is 14.2. The molecule has 21 heavy (non-hydrogen) atoms. The van der Waals surface area contributed by atoms with E-state index in [1.807, 2.05) is 31.3 Å². The summed E-state index contributed by atoms with van der Waals surface area (Å²) in [7, 11) is 1.82. The fraction of sp³-hybridized carbons (Fsp3) is 0.562. The van der Waals surface area contributed by atoms with Crippen molar-refractivity contribution in [1.82, 2.24) is 10.2 Å². The molecule has 0 radical (unpaired) electrons. The van der Waals surface area contributed by atoms with E-state index in [0.29, 0.717) is 25.6 Å². The summed E-state index contributed by atoms with van der Waals surface area (Å²) in [6, 6.07) is 8.27.